The SMILES string of the molecule is [B]C(=O)N1CCN(c2ccc(C(=O)O)cc2)CC1. The van der Waals surface area contributed by atoms with Gasteiger partial charge in [-0.2, -0.15) is 0 Å². The van der Waals surface area contributed by atoms with Gasteiger partial charge in [-0.1, -0.05) is 0 Å². The minimum absolute atomic E-state index is 0.273. The number of hydrogen-bond donors (Lipinski definition) is 1. The number of benzene rings is 1. The van der Waals surface area contributed by atoms with Crippen molar-refractivity contribution in [2.75, 3.05) is 31.1 Å². The first kappa shape index (κ1) is 12.5. The summed E-state index contributed by atoms with van der Waals surface area (Å²) in [6.07, 6.45) is 0. The highest BCUT2D eigenvalue weighted by atomic mass is 16.4. The Morgan fingerprint density at radius 3 is 2.06 bits per heavy atom. The maximum Gasteiger partial charge on any atom is 0.335 e. The summed E-state index contributed by atoms with van der Waals surface area (Å²) in [6, 6.07) is 6.73. The molecule has 1 amide bonds. The van der Waals surface area contributed by atoms with Crippen molar-refractivity contribution in [3.8, 4) is 0 Å². The van der Waals surface area contributed by atoms with Gasteiger partial charge in [-0.15, -0.1) is 0 Å². The second kappa shape index (κ2) is 5.12. The number of rotatable bonds is 2. The van der Waals surface area contributed by atoms with Crippen LogP contribution in [0.25, 0.3) is 0 Å². The molecule has 0 unspecified atom stereocenters. The predicted octanol–water partition coefficient (Wildman–Crippen LogP) is 0.795. The van der Waals surface area contributed by atoms with Crippen LogP contribution in [-0.2, 0) is 0 Å². The van der Waals surface area contributed by atoms with E-state index in [-0.39, 0.29) is 5.56 Å². The fourth-order valence-corrected chi connectivity index (χ4v) is 2.00. The van der Waals surface area contributed by atoms with E-state index in [9.17, 15) is 9.59 Å². The number of piperazine rings is 1. The van der Waals surface area contributed by atoms with E-state index in [2.05, 4.69) is 4.90 Å². The summed E-state index contributed by atoms with van der Waals surface area (Å²) in [7, 11) is 5.21. The van der Waals surface area contributed by atoms with E-state index in [4.69, 9.17) is 13.0 Å². The quantitative estimate of drug-likeness (QED) is 0.781. The number of carboxylic acid groups (broad SMARTS) is 1. The number of amides is 1. The van der Waals surface area contributed by atoms with Gasteiger partial charge in [0, 0.05) is 31.9 Å². The molecule has 0 aromatic heterocycles. The molecule has 1 heterocycles. The molecule has 0 spiro atoms. The molecular formula is C12H13BN2O3. The van der Waals surface area contributed by atoms with Gasteiger partial charge in [-0.05, 0) is 24.3 Å². The molecule has 2 rings (SSSR count). The fraction of sp³-hybridized carbons (Fsp3) is 0.333. The second-order valence-electron chi connectivity index (χ2n) is 4.16. The van der Waals surface area contributed by atoms with Crippen molar-refractivity contribution >= 4 is 25.3 Å². The van der Waals surface area contributed by atoms with Gasteiger partial charge in [0.25, 0.3) is 0 Å². The summed E-state index contributed by atoms with van der Waals surface area (Å²) in [5.74, 6) is -1.32. The highest BCUT2D eigenvalue weighted by Gasteiger charge is 2.18. The molecule has 1 fully saturated rings. The van der Waals surface area contributed by atoms with Gasteiger partial charge in [-0.3, -0.25) is 4.79 Å². The van der Waals surface area contributed by atoms with Crippen LogP contribution in [0.15, 0.2) is 24.3 Å². The fourth-order valence-electron chi connectivity index (χ4n) is 2.00. The zero-order chi connectivity index (χ0) is 13.1. The molecule has 18 heavy (non-hydrogen) atoms. The van der Waals surface area contributed by atoms with Gasteiger partial charge in [0.1, 0.15) is 0 Å². The molecule has 6 heteroatoms. The van der Waals surface area contributed by atoms with E-state index in [1.807, 2.05) is 0 Å². The van der Waals surface area contributed by atoms with Crippen LogP contribution in [0.4, 0.5) is 10.5 Å². The number of carbonyl (C=O) groups excluding carboxylic acids is 1. The molecule has 5 nitrogen and oxygen atoms in total. The van der Waals surface area contributed by atoms with Crippen LogP contribution in [-0.4, -0.2) is 55.8 Å². The molecular weight excluding hydrogens is 231 g/mol. The minimum Gasteiger partial charge on any atom is -0.478 e. The van der Waals surface area contributed by atoms with E-state index < -0.39 is 11.8 Å². The van der Waals surface area contributed by atoms with Crippen molar-refractivity contribution < 1.29 is 14.7 Å². The van der Waals surface area contributed by atoms with Gasteiger partial charge in [0.15, 0.2) is 5.81 Å². The van der Waals surface area contributed by atoms with Gasteiger partial charge in [0.05, 0.1) is 5.56 Å². The van der Waals surface area contributed by atoms with Crippen molar-refractivity contribution in [1.29, 1.82) is 0 Å². The van der Waals surface area contributed by atoms with Crippen molar-refractivity contribution in [2.24, 2.45) is 0 Å². The molecule has 1 N–H and O–H groups in total. The molecule has 1 aliphatic rings. The second-order valence-corrected chi connectivity index (χ2v) is 4.16. The maximum atomic E-state index is 11.0. The lowest BCUT2D eigenvalue weighted by Crippen LogP contribution is -2.48. The Morgan fingerprint density at radius 1 is 1.06 bits per heavy atom. The third kappa shape index (κ3) is 2.64. The molecule has 0 saturated carbocycles. The van der Waals surface area contributed by atoms with E-state index >= 15 is 0 Å². The summed E-state index contributed by atoms with van der Waals surface area (Å²) in [6.45, 7) is 2.59. The summed E-state index contributed by atoms with van der Waals surface area (Å²) < 4.78 is 0. The summed E-state index contributed by atoms with van der Waals surface area (Å²) in [5, 5.41) is 8.81. The van der Waals surface area contributed by atoms with Crippen LogP contribution in [0.1, 0.15) is 10.4 Å². The molecule has 1 aromatic rings. The van der Waals surface area contributed by atoms with E-state index in [0.29, 0.717) is 26.2 Å². The number of aromatic carboxylic acids is 1. The van der Waals surface area contributed by atoms with Crippen molar-refractivity contribution in [1.82, 2.24) is 4.90 Å². The zero-order valence-electron chi connectivity index (χ0n) is 9.87. The summed E-state index contributed by atoms with van der Waals surface area (Å²) in [5.41, 5.74) is 1.23. The number of nitrogens with zero attached hydrogens (tertiary/aromatic N) is 2. The van der Waals surface area contributed by atoms with Crippen molar-refractivity contribution in [3.63, 3.8) is 0 Å². The van der Waals surface area contributed by atoms with Crippen LogP contribution < -0.4 is 4.90 Å². The Kier molecular flexibility index (Phi) is 3.55. The van der Waals surface area contributed by atoms with Crippen LogP contribution in [0.5, 0.6) is 0 Å². The smallest absolute Gasteiger partial charge is 0.335 e. The molecule has 1 aliphatic heterocycles. The zero-order valence-corrected chi connectivity index (χ0v) is 9.87. The third-order valence-corrected chi connectivity index (χ3v) is 3.07. The lowest BCUT2D eigenvalue weighted by molar-refractivity contribution is 0.0697. The molecule has 1 saturated heterocycles. The molecule has 0 bridgehead atoms. The first-order chi connectivity index (χ1) is 8.58. The molecule has 0 aliphatic carbocycles. The van der Waals surface area contributed by atoms with E-state index in [1.54, 1.807) is 29.2 Å². The average molecular weight is 244 g/mol. The largest absolute Gasteiger partial charge is 0.478 e. The number of anilines is 1. The number of hydrogen-bond acceptors (Lipinski definition) is 3. The third-order valence-electron chi connectivity index (χ3n) is 3.07. The lowest BCUT2D eigenvalue weighted by Gasteiger charge is -2.36. The van der Waals surface area contributed by atoms with Gasteiger partial charge < -0.3 is 14.9 Å². The molecule has 1 aromatic carbocycles. The Morgan fingerprint density at radius 2 is 1.61 bits per heavy atom. The molecule has 0 atom stereocenters. The molecule has 92 valence electrons. The predicted molar refractivity (Wildman–Crippen MR) is 68.3 cm³/mol. The van der Waals surface area contributed by atoms with Gasteiger partial charge in [0.2, 0.25) is 7.85 Å². The van der Waals surface area contributed by atoms with Crippen molar-refractivity contribution in [3.05, 3.63) is 29.8 Å². The summed E-state index contributed by atoms with van der Waals surface area (Å²) >= 11 is 0. The van der Waals surface area contributed by atoms with Crippen LogP contribution in [0.3, 0.4) is 0 Å². The first-order valence-electron chi connectivity index (χ1n) is 5.70. The Hall–Kier alpha value is -1.98. The Labute approximate surface area is 106 Å². The summed E-state index contributed by atoms with van der Waals surface area (Å²) in [4.78, 5) is 25.4. The van der Waals surface area contributed by atoms with Gasteiger partial charge in [-0.25, -0.2) is 4.79 Å². The first-order valence-corrected chi connectivity index (χ1v) is 5.70. The van der Waals surface area contributed by atoms with Crippen LogP contribution >= 0.6 is 0 Å². The normalized spacial score (nSPS) is 15.6. The topological polar surface area (TPSA) is 60.9 Å². The lowest BCUT2D eigenvalue weighted by atomic mass is 10.1. The van der Waals surface area contributed by atoms with E-state index in [1.165, 1.54) is 0 Å². The Bertz CT molecular complexity index is 453. The van der Waals surface area contributed by atoms with Crippen LogP contribution in [0, 0.1) is 0 Å². The number of carbonyl (C=O) groups is 2. The highest BCUT2D eigenvalue weighted by Crippen LogP contribution is 2.17. The average Bonchev–Trinajstić information content (AvgIpc) is 2.39. The van der Waals surface area contributed by atoms with E-state index in [0.717, 1.165) is 5.69 Å². The molecule has 2 radical (unpaired) electrons. The Balaban J connectivity index is 2.01. The van der Waals surface area contributed by atoms with Crippen LogP contribution in [0.2, 0.25) is 0 Å². The monoisotopic (exact) mass is 244 g/mol. The standard InChI is InChI=1S/C12H13BN2O3/c13-12(18)15-7-5-14(6-8-15)10-3-1-9(2-4-10)11(16)17/h1-4H,5-8H2,(H,16,17). The maximum absolute atomic E-state index is 11.0. The number of carboxylic acids is 1. The van der Waals surface area contributed by atoms with Crippen molar-refractivity contribution in [2.45, 2.75) is 0 Å². The van der Waals surface area contributed by atoms with Gasteiger partial charge >= 0.3 is 5.97 Å². The minimum atomic E-state index is -0.930. The highest BCUT2D eigenvalue weighted by molar-refractivity contribution is 6.56.